The Hall–Kier alpha value is -0.0400. The summed E-state index contributed by atoms with van der Waals surface area (Å²) < 4.78 is 26.9. The Labute approximate surface area is 135 Å². The zero-order valence-electron chi connectivity index (χ0n) is 10.7. The van der Waals surface area contributed by atoms with Gasteiger partial charge in [0.15, 0.2) is 0 Å². The lowest BCUT2D eigenvalue weighted by Crippen LogP contribution is -2.42. The van der Waals surface area contributed by atoms with Crippen LogP contribution in [-0.4, -0.2) is 21.0 Å². The minimum atomic E-state index is -3.49. The van der Waals surface area contributed by atoms with Gasteiger partial charge in [-0.25, -0.2) is 13.1 Å². The molecule has 8 heteroatoms. The van der Waals surface area contributed by atoms with Crippen molar-refractivity contribution in [3.63, 3.8) is 0 Å². The summed E-state index contributed by atoms with van der Waals surface area (Å²) in [4.78, 5) is 0. The first kappa shape index (κ1) is 18.0. The van der Waals surface area contributed by atoms with E-state index in [1.807, 2.05) is 0 Å². The first-order chi connectivity index (χ1) is 8.93. The maximum atomic E-state index is 12.1. The Morgan fingerprint density at radius 1 is 1.30 bits per heavy atom. The van der Waals surface area contributed by atoms with Gasteiger partial charge in [0.2, 0.25) is 10.0 Å². The standard InChI is InChI=1S/C12H16Cl2N2O2S.ClH/c13-10-2-1-3-11(14)9(10)7-19(17,18)16-12(6-15)8-4-5-8;/h1-3,8,12,16H,4-7,15H2;1H. The quantitative estimate of drug-likeness (QED) is 0.820. The van der Waals surface area contributed by atoms with Gasteiger partial charge >= 0.3 is 0 Å². The topological polar surface area (TPSA) is 72.2 Å². The Balaban J connectivity index is 0.00000200. The van der Waals surface area contributed by atoms with Crippen molar-refractivity contribution in [2.45, 2.75) is 24.6 Å². The number of nitrogens with one attached hydrogen (secondary N) is 1. The highest BCUT2D eigenvalue weighted by Crippen LogP contribution is 2.33. The average Bonchev–Trinajstić information content (AvgIpc) is 3.15. The van der Waals surface area contributed by atoms with Crippen molar-refractivity contribution in [3.05, 3.63) is 33.8 Å². The molecule has 0 heterocycles. The van der Waals surface area contributed by atoms with Gasteiger partial charge in [0, 0.05) is 28.2 Å². The van der Waals surface area contributed by atoms with Crippen molar-refractivity contribution < 1.29 is 8.42 Å². The lowest BCUT2D eigenvalue weighted by Gasteiger charge is -2.17. The summed E-state index contributed by atoms with van der Waals surface area (Å²) in [5.41, 5.74) is 6.02. The van der Waals surface area contributed by atoms with E-state index in [9.17, 15) is 8.42 Å². The minimum absolute atomic E-state index is 0. The van der Waals surface area contributed by atoms with Crippen molar-refractivity contribution in [1.82, 2.24) is 4.72 Å². The highest BCUT2D eigenvalue weighted by molar-refractivity contribution is 7.88. The molecule has 0 saturated heterocycles. The second-order valence-corrected chi connectivity index (χ2v) is 7.33. The van der Waals surface area contributed by atoms with Gasteiger partial charge in [-0.2, -0.15) is 0 Å². The lowest BCUT2D eigenvalue weighted by molar-refractivity contribution is 0.518. The molecule has 0 aromatic heterocycles. The van der Waals surface area contributed by atoms with E-state index in [0.29, 0.717) is 28.1 Å². The van der Waals surface area contributed by atoms with Crippen LogP contribution in [0.4, 0.5) is 0 Å². The minimum Gasteiger partial charge on any atom is -0.329 e. The van der Waals surface area contributed by atoms with Crippen LogP contribution in [0.1, 0.15) is 18.4 Å². The number of rotatable bonds is 6. The van der Waals surface area contributed by atoms with Gasteiger partial charge in [0.25, 0.3) is 0 Å². The molecule has 1 aromatic rings. The molecule has 20 heavy (non-hydrogen) atoms. The summed E-state index contributed by atoms with van der Waals surface area (Å²) in [7, 11) is -3.49. The molecule has 0 spiro atoms. The summed E-state index contributed by atoms with van der Waals surface area (Å²) in [6.07, 6.45) is 2.05. The fourth-order valence-corrected chi connectivity index (χ4v) is 4.18. The van der Waals surface area contributed by atoms with Crippen molar-refractivity contribution in [2.24, 2.45) is 11.7 Å². The summed E-state index contributed by atoms with van der Waals surface area (Å²) in [5, 5.41) is 0.710. The normalized spacial score (nSPS) is 16.6. The number of nitrogens with two attached hydrogens (primary N) is 1. The molecule has 1 atom stereocenters. The predicted molar refractivity (Wildman–Crippen MR) is 85.0 cm³/mol. The van der Waals surface area contributed by atoms with Gasteiger partial charge in [-0.15, -0.1) is 12.4 Å². The van der Waals surface area contributed by atoms with Crippen molar-refractivity contribution >= 4 is 45.6 Å². The molecule has 0 amide bonds. The first-order valence-corrected chi connectivity index (χ1v) is 8.46. The summed E-state index contributed by atoms with van der Waals surface area (Å²) >= 11 is 12.0. The van der Waals surface area contributed by atoms with Crippen LogP contribution in [0, 0.1) is 5.92 Å². The lowest BCUT2D eigenvalue weighted by atomic mass is 10.2. The average molecular weight is 360 g/mol. The van der Waals surface area contributed by atoms with Crippen molar-refractivity contribution in [1.29, 1.82) is 0 Å². The summed E-state index contributed by atoms with van der Waals surface area (Å²) in [6, 6.07) is 4.74. The Bertz CT molecular complexity index is 542. The number of halogens is 3. The molecule has 1 fully saturated rings. The maximum absolute atomic E-state index is 12.1. The highest BCUT2D eigenvalue weighted by Gasteiger charge is 2.33. The van der Waals surface area contributed by atoms with Gasteiger partial charge in [-0.05, 0) is 30.9 Å². The SMILES string of the molecule is Cl.NCC(NS(=O)(=O)Cc1c(Cl)cccc1Cl)C1CC1. The highest BCUT2D eigenvalue weighted by atomic mass is 35.5. The van der Waals surface area contributed by atoms with Crippen LogP contribution in [-0.2, 0) is 15.8 Å². The van der Waals surface area contributed by atoms with Crippen LogP contribution in [0.15, 0.2) is 18.2 Å². The van der Waals surface area contributed by atoms with Crippen LogP contribution in [0.5, 0.6) is 0 Å². The van der Waals surface area contributed by atoms with Crippen LogP contribution in [0.2, 0.25) is 10.0 Å². The molecular formula is C12H17Cl3N2O2S. The summed E-state index contributed by atoms with van der Waals surface area (Å²) in [5.74, 6) is 0.135. The third-order valence-electron chi connectivity index (χ3n) is 3.17. The molecule has 4 nitrogen and oxygen atoms in total. The number of benzene rings is 1. The molecule has 0 bridgehead atoms. The Kier molecular flexibility index (Phi) is 6.57. The zero-order chi connectivity index (χ0) is 14.0. The second-order valence-electron chi connectivity index (χ2n) is 4.76. The van der Waals surface area contributed by atoms with E-state index < -0.39 is 10.0 Å². The summed E-state index contributed by atoms with van der Waals surface area (Å²) in [6.45, 7) is 0.306. The van der Waals surface area contributed by atoms with Gasteiger partial charge in [0.1, 0.15) is 0 Å². The van der Waals surface area contributed by atoms with E-state index in [1.54, 1.807) is 18.2 Å². The Morgan fingerprint density at radius 2 is 1.85 bits per heavy atom. The first-order valence-electron chi connectivity index (χ1n) is 6.06. The molecule has 114 valence electrons. The van der Waals surface area contributed by atoms with E-state index in [-0.39, 0.29) is 24.2 Å². The maximum Gasteiger partial charge on any atom is 0.216 e. The molecule has 1 aromatic carbocycles. The van der Waals surface area contributed by atoms with Gasteiger partial charge in [-0.3, -0.25) is 0 Å². The monoisotopic (exact) mass is 358 g/mol. The zero-order valence-corrected chi connectivity index (χ0v) is 13.8. The third-order valence-corrected chi connectivity index (χ3v) is 5.21. The second kappa shape index (κ2) is 7.29. The van der Waals surface area contributed by atoms with Gasteiger partial charge in [0.05, 0.1) is 5.75 Å². The van der Waals surface area contributed by atoms with Crippen LogP contribution >= 0.6 is 35.6 Å². The van der Waals surface area contributed by atoms with E-state index in [4.69, 9.17) is 28.9 Å². The molecule has 1 unspecified atom stereocenters. The molecule has 0 radical (unpaired) electrons. The van der Waals surface area contributed by atoms with E-state index in [2.05, 4.69) is 4.72 Å². The largest absolute Gasteiger partial charge is 0.329 e. The number of sulfonamides is 1. The van der Waals surface area contributed by atoms with Gasteiger partial charge < -0.3 is 5.73 Å². The molecule has 1 aliphatic rings. The molecule has 3 N–H and O–H groups in total. The van der Waals surface area contributed by atoms with E-state index >= 15 is 0 Å². The number of hydrogen-bond acceptors (Lipinski definition) is 3. The molecule has 0 aliphatic heterocycles. The fraction of sp³-hybridized carbons (Fsp3) is 0.500. The van der Waals surface area contributed by atoms with E-state index in [1.165, 1.54) is 0 Å². The van der Waals surface area contributed by atoms with Gasteiger partial charge in [-0.1, -0.05) is 29.3 Å². The van der Waals surface area contributed by atoms with Crippen LogP contribution in [0.25, 0.3) is 0 Å². The fourth-order valence-electron chi connectivity index (χ4n) is 1.97. The third kappa shape index (κ3) is 4.76. The number of hydrogen-bond donors (Lipinski definition) is 2. The molecule has 2 rings (SSSR count). The molecular weight excluding hydrogens is 343 g/mol. The van der Waals surface area contributed by atoms with Crippen molar-refractivity contribution in [3.8, 4) is 0 Å². The molecule has 1 saturated carbocycles. The van der Waals surface area contributed by atoms with Crippen molar-refractivity contribution in [2.75, 3.05) is 6.54 Å². The predicted octanol–water partition coefficient (Wildman–Crippen LogP) is 2.57. The smallest absolute Gasteiger partial charge is 0.216 e. The Morgan fingerprint density at radius 3 is 2.30 bits per heavy atom. The molecule has 1 aliphatic carbocycles. The van der Waals surface area contributed by atoms with Crippen LogP contribution in [0.3, 0.4) is 0 Å². The van der Waals surface area contributed by atoms with E-state index in [0.717, 1.165) is 12.8 Å². The van der Waals surface area contributed by atoms with Crippen LogP contribution < -0.4 is 10.5 Å².